The first-order valence-electron chi connectivity index (χ1n) is 4.88. The number of para-hydroxylation sites is 2. The van der Waals surface area contributed by atoms with E-state index in [1.54, 1.807) is 11.8 Å². The van der Waals surface area contributed by atoms with Crippen LogP contribution in [0.3, 0.4) is 0 Å². The number of hydrogen-bond donors (Lipinski definition) is 0. The van der Waals surface area contributed by atoms with Gasteiger partial charge in [-0.1, -0.05) is 23.9 Å². The van der Waals surface area contributed by atoms with Crippen molar-refractivity contribution in [1.82, 2.24) is 4.98 Å². The molecule has 1 aliphatic heterocycles. The average molecular weight is 221 g/mol. The largest absolute Gasteiger partial charge is 0.431 e. The Morgan fingerprint density at radius 1 is 1.47 bits per heavy atom. The minimum atomic E-state index is 0.0469. The lowest BCUT2D eigenvalue weighted by Gasteiger charge is -1.99. The van der Waals surface area contributed by atoms with Crippen molar-refractivity contribution in [2.45, 2.75) is 17.7 Å². The van der Waals surface area contributed by atoms with Crippen molar-refractivity contribution in [1.29, 1.82) is 0 Å². The van der Waals surface area contributed by atoms with E-state index in [0.29, 0.717) is 0 Å². The van der Waals surface area contributed by atoms with Crippen LogP contribution in [0.25, 0.3) is 11.1 Å². The molecule has 1 fully saturated rings. The maximum atomic E-state index is 5.59. The van der Waals surface area contributed by atoms with Crippen LogP contribution in [0.2, 0.25) is 0 Å². The highest BCUT2D eigenvalue weighted by atomic mass is 32.2. The van der Waals surface area contributed by atoms with E-state index >= 15 is 0 Å². The summed E-state index contributed by atoms with van der Waals surface area (Å²) in [5.74, 6) is 0.903. The number of aromatic nitrogens is 1. The minimum absolute atomic E-state index is 0.0469. The van der Waals surface area contributed by atoms with Crippen LogP contribution in [0.5, 0.6) is 0 Å². The molecular weight excluding hydrogens is 210 g/mol. The van der Waals surface area contributed by atoms with Crippen LogP contribution in [0.4, 0.5) is 0 Å². The van der Waals surface area contributed by atoms with Crippen molar-refractivity contribution in [3.05, 3.63) is 24.3 Å². The Kier molecular flexibility index (Phi) is 2.00. The van der Waals surface area contributed by atoms with Crippen LogP contribution >= 0.6 is 11.8 Å². The van der Waals surface area contributed by atoms with E-state index in [0.717, 1.165) is 28.7 Å². The monoisotopic (exact) mass is 221 g/mol. The Balaban J connectivity index is 1.79. The average Bonchev–Trinajstić information content (AvgIpc) is 2.83. The van der Waals surface area contributed by atoms with Crippen LogP contribution in [0.15, 0.2) is 33.9 Å². The second-order valence-corrected chi connectivity index (χ2v) is 4.90. The molecule has 2 aromatic rings. The molecule has 1 aromatic carbocycles. The van der Waals surface area contributed by atoms with Gasteiger partial charge in [-0.15, -0.1) is 0 Å². The summed E-state index contributed by atoms with van der Waals surface area (Å²) in [4.78, 5) is 4.38. The van der Waals surface area contributed by atoms with E-state index < -0.39 is 0 Å². The zero-order valence-corrected chi connectivity index (χ0v) is 9.21. The van der Waals surface area contributed by atoms with Gasteiger partial charge >= 0.3 is 0 Å². The van der Waals surface area contributed by atoms with Gasteiger partial charge in [0.15, 0.2) is 5.58 Å². The molecular formula is C11H11NO2S. The Morgan fingerprint density at radius 3 is 3.00 bits per heavy atom. The number of nitrogens with zero attached hydrogens (tertiary/aromatic N) is 1. The van der Waals surface area contributed by atoms with Gasteiger partial charge in [0.1, 0.15) is 5.52 Å². The summed E-state index contributed by atoms with van der Waals surface area (Å²) in [6.45, 7) is 2.95. The zero-order valence-electron chi connectivity index (χ0n) is 8.40. The molecule has 4 heteroatoms. The number of oxazole rings is 1. The van der Waals surface area contributed by atoms with E-state index in [4.69, 9.17) is 9.15 Å². The molecule has 0 radical (unpaired) electrons. The number of epoxide rings is 1. The van der Waals surface area contributed by atoms with Gasteiger partial charge in [0, 0.05) is 5.75 Å². The first-order chi connectivity index (χ1) is 7.25. The lowest BCUT2D eigenvalue weighted by Crippen LogP contribution is -2.07. The normalized spacial score (nSPS) is 24.6. The number of hydrogen-bond acceptors (Lipinski definition) is 4. The lowest BCUT2D eigenvalue weighted by atomic mass is 10.3. The number of fused-ring (bicyclic) bond motifs is 1. The van der Waals surface area contributed by atoms with Gasteiger partial charge in [0.2, 0.25) is 0 Å². The number of rotatable bonds is 3. The number of thioether (sulfide) groups is 1. The topological polar surface area (TPSA) is 38.6 Å². The molecule has 0 spiro atoms. The summed E-state index contributed by atoms with van der Waals surface area (Å²) in [7, 11) is 0. The highest BCUT2D eigenvalue weighted by Crippen LogP contribution is 2.33. The van der Waals surface area contributed by atoms with Crippen molar-refractivity contribution in [3.8, 4) is 0 Å². The molecule has 2 heterocycles. The third kappa shape index (κ3) is 1.87. The molecule has 1 unspecified atom stereocenters. The first-order valence-corrected chi connectivity index (χ1v) is 5.86. The standard InChI is InChI=1S/C11H11NO2S/c1-11(6-13-11)7-15-10-12-8-4-2-3-5-9(8)14-10/h2-5H,6-7H2,1H3. The fraction of sp³-hybridized carbons (Fsp3) is 0.364. The van der Waals surface area contributed by atoms with Crippen LogP contribution in [0, 0.1) is 0 Å². The van der Waals surface area contributed by atoms with Crippen molar-refractivity contribution in [3.63, 3.8) is 0 Å². The van der Waals surface area contributed by atoms with Crippen molar-refractivity contribution < 1.29 is 9.15 Å². The second-order valence-electron chi connectivity index (χ2n) is 3.97. The van der Waals surface area contributed by atoms with E-state index in [2.05, 4.69) is 11.9 Å². The Hall–Kier alpha value is -1.00. The predicted octanol–water partition coefficient (Wildman–Crippen LogP) is 2.71. The summed E-state index contributed by atoms with van der Waals surface area (Å²) in [6.07, 6.45) is 0. The van der Waals surface area contributed by atoms with Crippen LogP contribution in [-0.4, -0.2) is 22.9 Å². The molecule has 15 heavy (non-hydrogen) atoms. The van der Waals surface area contributed by atoms with Gasteiger partial charge in [0.05, 0.1) is 12.2 Å². The number of ether oxygens (including phenoxy) is 1. The van der Waals surface area contributed by atoms with Gasteiger partial charge in [-0.25, -0.2) is 4.98 Å². The van der Waals surface area contributed by atoms with Gasteiger partial charge < -0.3 is 9.15 Å². The Morgan fingerprint density at radius 2 is 2.27 bits per heavy atom. The molecule has 3 nitrogen and oxygen atoms in total. The van der Waals surface area contributed by atoms with Gasteiger partial charge in [0.25, 0.3) is 5.22 Å². The first kappa shape index (κ1) is 9.24. The second kappa shape index (κ2) is 3.25. The fourth-order valence-corrected chi connectivity index (χ4v) is 2.24. The van der Waals surface area contributed by atoms with Crippen LogP contribution in [-0.2, 0) is 4.74 Å². The van der Waals surface area contributed by atoms with Crippen molar-refractivity contribution in [2.75, 3.05) is 12.4 Å². The number of benzene rings is 1. The minimum Gasteiger partial charge on any atom is -0.431 e. The fourth-order valence-electron chi connectivity index (χ4n) is 1.33. The lowest BCUT2D eigenvalue weighted by molar-refractivity contribution is 0.347. The maximum absolute atomic E-state index is 5.59. The molecule has 3 rings (SSSR count). The predicted molar refractivity (Wildman–Crippen MR) is 59.1 cm³/mol. The summed E-state index contributed by atoms with van der Waals surface area (Å²) in [5, 5.41) is 0.730. The zero-order chi connectivity index (χ0) is 10.3. The maximum Gasteiger partial charge on any atom is 0.256 e. The van der Waals surface area contributed by atoms with E-state index in [1.807, 2.05) is 24.3 Å². The molecule has 0 bridgehead atoms. The molecule has 1 aromatic heterocycles. The third-order valence-corrected chi connectivity index (χ3v) is 3.59. The van der Waals surface area contributed by atoms with E-state index in [-0.39, 0.29) is 5.60 Å². The molecule has 1 aliphatic rings. The van der Waals surface area contributed by atoms with Gasteiger partial charge in [-0.05, 0) is 19.1 Å². The smallest absolute Gasteiger partial charge is 0.256 e. The van der Waals surface area contributed by atoms with Crippen LogP contribution in [0.1, 0.15) is 6.92 Å². The highest BCUT2D eigenvalue weighted by Gasteiger charge is 2.39. The van der Waals surface area contributed by atoms with Gasteiger partial charge in [-0.2, -0.15) is 0 Å². The SMILES string of the molecule is CC1(CSc2nc3ccccc3o2)CO1. The molecule has 0 N–H and O–H groups in total. The van der Waals surface area contributed by atoms with E-state index in [1.165, 1.54) is 0 Å². The van der Waals surface area contributed by atoms with Crippen LogP contribution < -0.4 is 0 Å². The van der Waals surface area contributed by atoms with Gasteiger partial charge in [-0.3, -0.25) is 0 Å². The Bertz CT molecular complexity index is 457. The summed E-state index contributed by atoms with van der Waals surface area (Å²) >= 11 is 1.61. The van der Waals surface area contributed by atoms with E-state index in [9.17, 15) is 0 Å². The Labute approximate surface area is 91.8 Å². The third-order valence-electron chi connectivity index (χ3n) is 2.41. The molecule has 1 saturated heterocycles. The summed E-state index contributed by atoms with van der Waals surface area (Å²) < 4.78 is 10.9. The molecule has 1 atom stereocenters. The summed E-state index contributed by atoms with van der Waals surface area (Å²) in [5.41, 5.74) is 1.81. The molecule has 0 amide bonds. The van der Waals surface area contributed by atoms with Crippen molar-refractivity contribution >= 4 is 22.9 Å². The highest BCUT2D eigenvalue weighted by molar-refractivity contribution is 7.99. The molecule has 0 saturated carbocycles. The molecule has 0 aliphatic carbocycles. The summed E-state index contributed by atoms with van der Waals surface area (Å²) in [6, 6.07) is 7.80. The van der Waals surface area contributed by atoms with Crippen molar-refractivity contribution in [2.24, 2.45) is 0 Å². The quantitative estimate of drug-likeness (QED) is 0.590. The molecule has 78 valence electrons.